The standard InChI is InChI=1S/C15H20BrNO3S/c1-11(2)9-17(12-7-8-21(19,20)10-12)15(18)13-5-3-4-6-14(13)16/h3-6,11-12H,7-10H2,1-2H3/t12-/m1/s1. The lowest BCUT2D eigenvalue weighted by Gasteiger charge is -2.30. The molecule has 2 rings (SSSR count). The molecule has 6 heteroatoms. The van der Waals surface area contributed by atoms with Crippen molar-refractivity contribution in [3.8, 4) is 0 Å². The molecule has 0 saturated carbocycles. The molecule has 0 radical (unpaired) electrons. The Kier molecular flexibility index (Phi) is 5.09. The molecule has 0 N–H and O–H groups in total. The van der Waals surface area contributed by atoms with Gasteiger partial charge in [-0.1, -0.05) is 26.0 Å². The summed E-state index contributed by atoms with van der Waals surface area (Å²) < 4.78 is 24.2. The lowest BCUT2D eigenvalue weighted by molar-refractivity contribution is 0.0671. The molecule has 0 bridgehead atoms. The van der Waals surface area contributed by atoms with Gasteiger partial charge in [-0.3, -0.25) is 4.79 Å². The van der Waals surface area contributed by atoms with Gasteiger partial charge in [0.2, 0.25) is 0 Å². The molecule has 1 aromatic rings. The third kappa shape index (κ3) is 4.07. The van der Waals surface area contributed by atoms with Crippen molar-refractivity contribution >= 4 is 31.7 Å². The molecule has 0 unspecified atom stereocenters. The van der Waals surface area contributed by atoms with Crippen molar-refractivity contribution in [2.24, 2.45) is 5.92 Å². The van der Waals surface area contributed by atoms with Crippen LogP contribution in [0.25, 0.3) is 0 Å². The molecule has 1 aliphatic heterocycles. The number of hydrogen-bond donors (Lipinski definition) is 0. The fourth-order valence-electron chi connectivity index (χ4n) is 2.60. The van der Waals surface area contributed by atoms with Crippen LogP contribution in [0.4, 0.5) is 0 Å². The predicted molar refractivity (Wildman–Crippen MR) is 87.1 cm³/mol. The summed E-state index contributed by atoms with van der Waals surface area (Å²) in [5, 5.41) is 0. The van der Waals surface area contributed by atoms with Gasteiger partial charge in [0.1, 0.15) is 0 Å². The molecule has 116 valence electrons. The first-order chi connectivity index (χ1) is 9.80. The van der Waals surface area contributed by atoms with E-state index in [1.54, 1.807) is 11.0 Å². The quantitative estimate of drug-likeness (QED) is 0.815. The normalized spacial score (nSPS) is 20.7. The van der Waals surface area contributed by atoms with Crippen LogP contribution >= 0.6 is 15.9 Å². The van der Waals surface area contributed by atoms with Crippen molar-refractivity contribution in [2.75, 3.05) is 18.1 Å². The molecule has 1 saturated heterocycles. The minimum Gasteiger partial charge on any atom is -0.334 e. The molecule has 1 amide bonds. The van der Waals surface area contributed by atoms with Crippen LogP contribution < -0.4 is 0 Å². The van der Waals surface area contributed by atoms with Gasteiger partial charge in [-0.05, 0) is 40.4 Å². The maximum atomic E-state index is 12.8. The summed E-state index contributed by atoms with van der Waals surface area (Å²) in [6.45, 7) is 4.63. The van der Waals surface area contributed by atoms with Gasteiger partial charge < -0.3 is 4.90 Å². The van der Waals surface area contributed by atoms with Crippen molar-refractivity contribution in [3.05, 3.63) is 34.3 Å². The van der Waals surface area contributed by atoms with Gasteiger partial charge >= 0.3 is 0 Å². The third-order valence-electron chi connectivity index (χ3n) is 3.58. The Morgan fingerprint density at radius 1 is 1.38 bits per heavy atom. The molecule has 4 nitrogen and oxygen atoms in total. The lowest BCUT2D eigenvalue weighted by atomic mass is 10.1. The van der Waals surface area contributed by atoms with E-state index in [0.717, 1.165) is 4.47 Å². The van der Waals surface area contributed by atoms with Crippen LogP contribution in [-0.2, 0) is 9.84 Å². The summed E-state index contributed by atoms with van der Waals surface area (Å²) in [5.74, 6) is 0.448. The summed E-state index contributed by atoms with van der Waals surface area (Å²) in [6, 6.07) is 7.05. The van der Waals surface area contributed by atoms with Crippen molar-refractivity contribution in [1.29, 1.82) is 0 Å². The van der Waals surface area contributed by atoms with Gasteiger partial charge in [-0.25, -0.2) is 8.42 Å². The Hall–Kier alpha value is -0.880. The van der Waals surface area contributed by atoms with E-state index in [4.69, 9.17) is 0 Å². The Morgan fingerprint density at radius 3 is 2.57 bits per heavy atom. The van der Waals surface area contributed by atoms with Gasteiger partial charge in [-0.15, -0.1) is 0 Å². The number of carbonyl (C=O) groups is 1. The zero-order chi connectivity index (χ0) is 15.6. The van der Waals surface area contributed by atoms with Gasteiger partial charge in [0.25, 0.3) is 5.91 Å². The van der Waals surface area contributed by atoms with Crippen LogP contribution in [0.15, 0.2) is 28.7 Å². The number of amides is 1. The molecule has 1 atom stereocenters. The number of halogens is 1. The Labute approximate surface area is 134 Å². The SMILES string of the molecule is CC(C)CN(C(=O)c1ccccc1Br)[C@@H]1CCS(=O)(=O)C1. The molecule has 0 spiro atoms. The van der Waals surface area contributed by atoms with Crippen molar-refractivity contribution in [2.45, 2.75) is 26.3 Å². The number of sulfone groups is 1. The summed E-state index contributed by atoms with van der Waals surface area (Å²) >= 11 is 3.40. The number of rotatable bonds is 4. The zero-order valence-electron chi connectivity index (χ0n) is 12.3. The van der Waals surface area contributed by atoms with Crippen LogP contribution in [0, 0.1) is 5.92 Å². The highest BCUT2D eigenvalue weighted by molar-refractivity contribution is 9.10. The first kappa shape index (κ1) is 16.5. The topological polar surface area (TPSA) is 54.5 Å². The molecule has 0 aliphatic carbocycles. The highest BCUT2D eigenvalue weighted by atomic mass is 79.9. The molecule has 1 fully saturated rings. The first-order valence-electron chi connectivity index (χ1n) is 7.06. The van der Waals surface area contributed by atoms with Crippen molar-refractivity contribution < 1.29 is 13.2 Å². The molecule has 0 aromatic heterocycles. The average Bonchev–Trinajstić information content (AvgIpc) is 2.76. The van der Waals surface area contributed by atoms with E-state index in [-0.39, 0.29) is 23.5 Å². The zero-order valence-corrected chi connectivity index (χ0v) is 14.7. The molecular formula is C15H20BrNO3S. The van der Waals surface area contributed by atoms with Crippen LogP contribution in [-0.4, -0.2) is 43.3 Å². The maximum Gasteiger partial charge on any atom is 0.255 e. The van der Waals surface area contributed by atoms with E-state index in [9.17, 15) is 13.2 Å². The smallest absolute Gasteiger partial charge is 0.255 e. The van der Waals surface area contributed by atoms with E-state index in [0.29, 0.717) is 24.4 Å². The highest BCUT2D eigenvalue weighted by Crippen LogP contribution is 2.24. The number of benzene rings is 1. The van der Waals surface area contributed by atoms with Gasteiger partial charge in [0, 0.05) is 17.1 Å². The van der Waals surface area contributed by atoms with E-state index in [1.807, 2.05) is 32.0 Å². The van der Waals surface area contributed by atoms with Crippen molar-refractivity contribution in [3.63, 3.8) is 0 Å². The minimum atomic E-state index is -3.01. The molecular weight excluding hydrogens is 354 g/mol. The molecule has 1 aromatic carbocycles. The second kappa shape index (κ2) is 6.48. The number of nitrogens with zero attached hydrogens (tertiary/aromatic N) is 1. The second-order valence-corrected chi connectivity index (χ2v) is 8.97. The third-order valence-corrected chi connectivity index (χ3v) is 6.02. The van der Waals surface area contributed by atoms with Gasteiger partial charge in [0.15, 0.2) is 9.84 Å². The largest absolute Gasteiger partial charge is 0.334 e. The van der Waals surface area contributed by atoms with Gasteiger partial charge in [-0.2, -0.15) is 0 Å². The fourth-order valence-corrected chi connectivity index (χ4v) is 4.79. The maximum absolute atomic E-state index is 12.8. The van der Waals surface area contributed by atoms with Gasteiger partial charge in [0.05, 0.1) is 17.1 Å². The van der Waals surface area contributed by atoms with Crippen LogP contribution in [0.5, 0.6) is 0 Å². The Bertz CT molecular complexity index is 628. The summed E-state index contributed by atoms with van der Waals surface area (Å²) in [7, 11) is -3.01. The fraction of sp³-hybridized carbons (Fsp3) is 0.533. The Balaban J connectivity index is 2.28. The second-order valence-electron chi connectivity index (χ2n) is 5.89. The molecule has 1 aliphatic rings. The molecule has 1 heterocycles. The Morgan fingerprint density at radius 2 is 2.05 bits per heavy atom. The molecule has 21 heavy (non-hydrogen) atoms. The first-order valence-corrected chi connectivity index (χ1v) is 9.67. The minimum absolute atomic E-state index is 0.0793. The van der Waals surface area contributed by atoms with Crippen LogP contribution in [0.1, 0.15) is 30.6 Å². The van der Waals surface area contributed by atoms with E-state index in [2.05, 4.69) is 15.9 Å². The lowest BCUT2D eigenvalue weighted by Crippen LogP contribution is -2.43. The monoisotopic (exact) mass is 373 g/mol. The predicted octanol–water partition coefficient (Wildman–Crippen LogP) is 2.73. The van der Waals surface area contributed by atoms with E-state index in [1.165, 1.54) is 0 Å². The summed E-state index contributed by atoms with van der Waals surface area (Å²) in [4.78, 5) is 14.5. The van der Waals surface area contributed by atoms with E-state index >= 15 is 0 Å². The highest BCUT2D eigenvalue weighted by Gasteiger charge is 2.35. The number of carbonyl (C=O) groups excluding carboxylic acids is 1. The number of hydrogen-bond acceptors (Lipinski definition) is 3. The van der Waals surface area contributed by atoms with Crippen LogP contribution in [0.3, 0.4) is 0 Å². The van der Waals surface area contributed by atoms with Crippen molar-refractivity contribution in [1.82, 2.24) is 4.90 Å². The average molecular weight is 374 g/mol. The van der Waals surface area contributed by atoms with E-state index < -0.39 is 9.84 Å². The van der Waals surface area contributed by atoms with Crippen LogP contribution in [0.2, 0.25) is 0 Å². The summed E-state index contributed by atoms with van der Waals surface area (Å²) in [5.41, 5.74) is 0.586. The summed E-state index contributed by atoms with van der Waals surface area (Å²) in [6.07, 6.45) is 0.533.